The Kier molecular flexibility index (Phi) is 3.95. The summed E-state index contributed by atoms with van der Waals surface area (Å²) in [4.78, 5) is 11.6. The summed E-state index contributed by atoms with van der Waals surface area (Å²) in [6.07, 6.45) is 4.42. The zero-order valence-corrected chi connectivity index (χ0v) is 9.67. The van der Waals surface area contributed by atoms with Gasteiger partial charge in [-0.3, -0.25) is 4.79 Å². The monoisotopic (exact) mass is 256 g/mol. The molecular formula is C10H13BrN2O. The van der Waals surface area contributed by atoms with E-state index >= 15 is 0 Å². The minimum atomic E-state index is -0.0555. The van der Waals surface area contributed by atoms with Gasteiger partial charge in [0.25, 0.3) is 5.91 Å². The van der Waals surface area contributed by atoms with Crippen molar-refractivity contribution >= 4 is 21.8 Å². The van der Waals surface area contributed by atoms with E-state index in [1.54, 1.807) is 16.7 Å². The molecule has 0 aliphatic rings. The van der Waals surface area contributed by atoms with Crippen molar-refractivity contribution in [3.63, 3.8) is 0 Å². The van der Waals surface area contributed by atoms with Gasteiger partial charge in [-0.1, -0.05) is 6.08 Å². The van der Waals surface area contributed by atoms with Crippen molar-refractivity contribution in [2.75, 3.05) is 6.54 Å². The average Bonchev–Trinajstić information content (AvgIpc) is 2.45. The van der Waals surface area contributed by atoms with Gasteiger partial charge in [0.15, 0.2) is 0 Å². The van der Waals surface area contributed by atoms with Crippen LogP contribution in [0.25, 0.3) is 0 Å². The third-order valence-electron chi connectivity index (χ3n) is 1.84. The lowest BCUT2D eigenvalue weighted by Gasteiger charge is -2.03. The van der Waals surface area contributed by atoms with E-state index in [9.17, 15) is 4.79 Å². The molecule has 0 fully saturated rings. The van der Waals surface area contributed by atoms with E-state index in [-0.39, 0.29) is 5.91 Å². The molecule has 0 spiro atoms. The molecular weight excluding hydrogens is 244 g/mol. The van der Waals surface area contributed by atoms with Crippen LogP contribution < -0.4 is 5.32 Å². The molecule has 76 valence electrons. The first kappa shape index (κ1) is 11.0. The second-order valence-corrected chi connectivity index (χ2v) is 3.90. The summed E-state index contributed by atoms with van der Waals surface area (Å²) < 4.78 is 2.70. The minimum absolute atomic E-state index is 0.0555. The molecule has 0 bridgehead atoms. The van der Waals surface area contributed by atoms with Crippen molar-refractivity contribution in [1.29, 1.82) is 0 Å². The van der Waals surface area contributed by atoms with Gasteiger partial charge in [-0.05, 0) is 28.4 Å². The van der Waals surface area contributed by atoms with Crippen LogP contribution in [-0.4, -0.2) is 17.0 Å². The van der Waals surface area contributed by atoms with Crippen molar-refractivity contribution in [3.8, 4) is 0 Å². The smallest absolute Gasteiger partial charge is 0.267 e. The largest absolute Gasteiger partial charge is 0.350 e. The molecule has 0 atom stereocenters. The van der Waals surface area contributed by atoms with Gasteiger partial charge in [0, 0.05) is 24.3 Å². The van der Waals surface area contributed by atoms with E-state index in [4.69, 9.17) is 0 Å². The molecule has 1 heterocycles. The molecule has 0 aromatic carbocycles. The van der Waals surface area contributed by atoms with Crippen LogP contribution in [0.3, 0.4) is 0 Å². The van der Waals surface area contributed by atoms with Crippen LogP contribution >= 0.6 is 15.9 Å². The van der Waals surface area contributed by atoms with Gasteiger partial charge in [-0.2, -0.15) is 0 Å². The van der Waals surface area contributed by atoms with E-state index in [2.05, 4.69) is 27.8 Å². The predicted octanol–water partition coefficient (Wildman–Crippen LogP) is 2.09. The number of halogens is 1. The Hall–Kier alpha value is -1.03. The highest BCUT2D eigenvalue weighted by molar-refractivity contribution is 9.10. The Morgan fingerprint density at radius 1 is 1.79 bits per heavy atom. The summed E-state index contributed by atoms with van der Waals surface area (Å²) in [5, 5.41) is 2.80. The fourth-order valence-corrected chi connectivity index (χ4v) is 1.65. The summed E-state index contributed by atoms with van der Waals surface area (Å²) in [6.45, 7) is 4.22. The second kappa shape index (κ2) is 5.00. The topological polar surface area (TPSA) is 34.0 Å². The quantitative estimate of drug-likeness (QED) is 0.650. The van der Waals surface area contributed by atoms with E-state index in [0.717, 1.165) is 10.9 Å². The molecule has 0 unspecified atom stereocenters. The predicted molar refractivity (Wildman–Crippen MR) is 60.3 cm³/mol. The highest BCUT2D eigenvalue weighted by Gasteiger charge is 2.09. The van der Waals surface area contributed by atoms with Crippen LogP contribution in [-0.2, 0) is 7.05 Å². The van der Waals surface area contributed by atoms with Crippen LogP contribution in [0.2, 0.25) is 0 Å². The molecule has 1 aromatic rings. The first-order valence-electron chi connectivity index (χ1n) is 4.36. The fourth-order valence-electron chi connectivity index (χ4n) is 1.13. The third kappa shape index (κ3) is 2.73. The number of carbonyl (C=O) groups excluding carboxylic acids is 1. The molecule has 1 aromatic heterocycles. The number of aryl methyl sites for hydroxylation is 1. The number of amides is 1. The zero-order chi connectivity index (χ0) is 10.6. The highest BCUT2D eigenvalue weighted by Crippen LogP contribution is 2.13. The van der Waals surface area contributed by atoms with Crippen LogP contribution in [0.15, 0.2) is 29.4 Å². The lowest BCUT2D eigenvalue weighted by molar-refractivity contribution is 0.0946. The molecule has 4 heteroatoms. The summed E-state index contributed by atoms with van der Waals surface area (Å²) >= 11 is 3.32. The van der Waals surface area contributed by atoms with Gasteiger partial charge < -0.3 is 9.88 Å². The summed E-state index contributed by atoms with van der Waals surface area (Å²) in [7, 11) is 1.84. The van der Waals surface area contributed by atoms with Crippen LogP contribution in [0, 0.1) is 0 Å². The Labute approximate surface area is 91.9 Å². The maximum atomic E-state index is 11.6. The molecule has 0 saturated carbocycles. The summed E-state index contributed by atoms with van der Waals surface area (Å²) in [6, 6.07) is 1.79. The number of hydrogen-bond acceptors (Lipinski definition) is 1. The molecule has 0 saturated heterocycles. The lowest BCUT2D eigenvalue weighted by Crippen LogP contribution is -2.25. The maximum absolute atomic E-state index is 11.6. The van der Waals surface area contributed by atoms with E-state index in [1.807, 2.05) is 13.2 Å². The molecule has 1 rings (SSSR count). The van der Waals surface area contributed by atoms with Crippen molar-refractivity contribution in [1.82, 2.24) is 9.88 Å². The molecule has 0 aliphatic heterocycles. The molecule has 14 heavy (non-hydrogen) atoms. The number of carbonyl (C=O) groups is 1. The highest BCUT2D eigenvalue weighted by atomic mass is 79.9. The molecule has 3 nitrogen and oxygen atoms in total. The van der Waals surface area contributed by atoms with Crippen molar-refractivity contribution in [3.05, 3.63) is 35.1 Å². The first-order chi connectivity index (χ1) is 6.65. The maximum Gasteiger partial charge on any atom is 0.267 e. The fraction of sp³-hybridized carbons (Fsp3) is 0.300. The van der Waals surface area contributed by atoms with Gasteiger partial charge in [0.05, 0.1) is 0 Å². The van der Waals surface area contributed by atoms with Crippen LogP contribution in [0.1, 0.15) is 16.9 Å². The Bertz CT molecular complexity index is 344. The number of rotatable bonds is 4. The normalized spacial score (nSPS) is 9.86. The van der Waals surface area contributed by atoms with Gasteiger partial charge in [0.1, 0.15) is 5.69 Å². The standard InChI is InChI=1S/C10H13BrN2O/c1-3-4-5-12-10(14)9-6-8(11)7-13(9)2/h3,6-7H,1,4-5H2,2H3,(H,12,14). The Morgan fingerprint density at radius 2 is 2.50 bits per heavy atom. The third-order valence-corrected chi connectivity index (χ3v) is 2.27. The van der Waals surface area contributed by atoms with Crippen molar-refractivity contribution < 1.29 is 4.79 Å². The van der Waals surface area contributed by atoms with Crippen LogP contribution in [0.4, 0.5) is 0 Å². The second-order valence-electron chi connectivity index (χ2n) is 2.99. The zero-order valence-electron chi connectivity index (χ0n) is 8.09. The van der Waals surface area contributed by atoms with E-state index in [1.165, 1.54) is 0 Å². The number of hydrogen-bond donors (Lipinski definition) is 1. The minimum Gasteiger partial charge on any atom is -0.350 e. The van der Waals surface area contributed by atoms with E-state index < -0.39 is 0 Å². The number of nitrogens with zero attached hydrogens (tertiary/aromatic N) is 1. The van der Waals surface area contributed by atoms with Crippen molar-refractivity contribution in [2.24, 2.45) is 7.05 Å². The SMILES string of the molecule is C=CCCNC(=O)c1cc(Br)cn1C. The number of nitrogens with one attached hydrogen (secondary N) is 1. The van der Waals surface area contributed by atoms with Gasteiger partial charge in [0.2, 0.25) is 0 Å². The van der Waals surface area contributed by atoms with Crippen molar-refractivity contribution in [2.45, 2.75) is 6.42 Å². The lowest BCUT2D eigenvalue weighted by atomic mass is 10.3. The molecule has 1 amide bonds. The average molecular weight is 257 g/mol. The Morgan fingerprint density at radius 3 is 3.00 bits per heavy atom. The molecule has 1 N–H and O–H groups in total. The van der Waals surface area contributed by atoms with Gasteiger partial charge in [-0.15, -0.1) is 6.58 Å². The summed E-state index contributed by atoms with van der Waals surface area (Å²) in [5.41, 5.74) is 0.654. The molecule has 0 radical (unpaired) electrons. The molecule has 0 aliphatic carbocycles. The number of aromatic nitrogens is 1. The van der Waals surface area contributed by atoms with Gasteiger partial charge in [-0.25, -0.2) is 0 Å². The first-order valence-corrected chi connectivity index (χ1v) is 5.15. The Balaban J connectivity index is 2.60. The van der Waals surface area contributed by atoms with E-state index in [0.29, 0.717) is 12.2 Å². The van der Waals surface area contributed by atoms with Crippen LogP contribution in [0.5, 0.6) is 0 Å². The van der Waals surface area contributed by atoms with Gasteiger partial charge >= 0.3 is 0 Å². The summed E-state index contributed by atoms with van der Waals surface area (Å²) in [5.74, 6) is -0.0555.